The molecule has 6 rings (SSSR count). The average molecular weight is 700 g/mol. The van der Waals surface area contributed by atoms with Gasteiger partial charge in [-0.15, -0.1) is 0 Å². The lowest BCUT2D eigenvalue weighted by Crippen LogP contribution is -2.58. The molecule has 0 bridgehead atoms. The van der Waals surface area contributed by atoms with Crippen molar-refractivity contribution in [2.45, 2.75) is 61.6 Å². The standard InChI is InChI=1S/C33H34FN3O.C6H8O7/c1-36(2)32(25-11-8-12-26(34)23-25)18-20-33(21-19-32)31-28(27-13-6-7-14-29(27)35-31)17-22-37(33)30(38)16-15-24-9-4-3-5-10-24;7-3(8)1-6(13,5(11)12)2-4(9)10/h3-16,23,35H,17-22H2,1-2H3;13H,1-2H2,(H,7,8)(H,9,10)(H,11,12)/b16-15+;. The zero-order valence-corrected chi connectivity index (χ0v) is 28.5. The Hall–Kier alpha value is -5.33. The third kappa shape index (κ3) is 7.57. The highest BCUT2D eigenvalue weighted by atomic mass is 19.1. The lowest BCUT2D eigenvalue weighted by molar-refractivity contribution is -0.170. The molecular formula is C39H42FN3O8. The van der Waals surface area contributed by atoms with Crippen LogP contribution in [0.5, 0.6) is 0 Å². The Labute approximate surface area is 294 Å². The number of aliphatic hydroxyl groups is 1. The summed E-state index contributed by atoms with van der Waals surface area (Å²) >= 11 is 0. The molecule has 4 aromatic rings. The van der Waals surface area contributed by atoms with Crippen LogP contribution in [-0.2, 0) is 36.7 Å². The number of halogens is 1. The van der Waals surface area contributed by atoms with E-state index in [1.165, 1.54) is 22.7 Å². The number of aromatic nitrogens is 1. The van der Waals surface area contributed by atoms with E-state index in [0.29, 0.717) is 6.54 Å². The number of amides is 1. The summed E-state index contributed by atoms with van der Waals surface area (Å²) in [6.45, 7) is 0.682. The van der Waals surface area contributed by atoms with Crippen LogP contribution in [0.3, 0.4) is 0 Å². The Bertz CT molecular complexity index is 1930. The van der Waals surface area contributed by atoms with Crippen LogP contribution in [0.2, 0.25) is 0 Å². The second kappa shape index (κ2) is 14.9. The Kier molecular flexibility index (Phi) is 10.8. The van der Waals surface area contributed by atoms with Gasteiger partial charge in [-0.05, 0) is 87.2 Å². The molecule has 0 atom stereocenters. The molecule has 0 unspecified atom stereocenters. The van der Waals surface area contributed by atoms with Crippen LogP contribution in [-0.4, -0.2) is 85.3 Å². The molecule has 268 valence electrons. The van der Waals surface area contributed by atoms with Crippen molar-refractivity contribution in [3.63, 3.8) is 0 Å². The third-order valence-corrected chi connectivity index (χ3v) is 10.3. The van der Waals surface area contributed by atoms with Crippen LogP contribution < -0.4 is 0 Å². The van der Waals surface area contributed by atoms with Crippen molar-refractivity contribution in [3.8, 4) is 0 Å². The van der Waals surface area contributed by atoms with Gasteiger partial charge in [-0.3, -0.25) is 19.3 Å². The maximum atomic E-state index is 14.3. The van der Waals surface area contributed by atoms with E-state index >= 15 is 0 Å². The third-order valence-electron chi connectivity index (χ3n) is 10.3. The molecule has 1 fully saturated rings. The highest BCUT2D eigenvalue weighted by molar-refractivity contribution is 5.94. The number of aromatic amines is 1. The van der Waals surface area contributed by atoms with Crippen LogP contribution >= 0.6 is 0 Å². The molecule has 12 heteroatoms. The lowest BCUT2D eigenvalue weighted by Gasteiger charge is -2.55. The molecule has 0 saturated heterocycles. The second-order valence-electron chi connectivity index (χ2n) is 13.5. The van der Waals surface area contributed by atoms with Crippen LogP contribution in [0.25, 0.3) is 17.0 Å². The van der Waals surface area contributed by atoms with Gasteiger partial charge in [0, 0.05) is 34.8 Å². The predicted octanol–water partition coefficient (Wildman–Crippen LogP) is 5.38. The number of carboxylic acids is 3. The number of rotatable bonds is 9. The number of nitrogens with zero attached hydrogens (tertiary/aromatic N) is 2. The van der Waals surface area contributed by atoms with E-state index in [1.807, 2.05) is 42.5 Å². The smallest absolute Gasteiger partial charge is 0.336 e. The van der Waals surface area contributed by atoms with Gasteiger partial charge in [0.15, 0.2) is 5.60 Å². The molecule has 51 heavy (non-hydrogen) atoms. The summed E-state index contributed by atoms with van der Waals surface area (Å²) in [4.78, 5) is 52.4. The number of hydrogen-bond acceptors (Lipinski definition) is 6. The number of aliphatic carboxylic acids is 3. The number of fused-ring (bicyclic) bond motifs is 4. The van der Waals surface area contributed by atoms with Crippen molar-refractivity contribution >= 4 is 40.8 Å². The number of H-pyrrole nitrogens is 1. The van der Waals surface area contributed by atoms with E-state index < -0.39 is 41.9 Å². The summed E-state index contributed by atoms with van der Waals surface area (Å²) in [7, 11) is 4.17. The fourth-order valence-corrected chi connectivity index (χ4v) is 7.66. The van der Waals surface area contributed by atoms with E-state index in [-0.39, 0.29) is 17.3 Å². The highest BCUT2D eigenvalue weighted by Crippen LogP contribution is 2.53. The van der Waals surface area contributed by atoms with E-state index in [4.69, 9.17) is 20.4 Å². The topological polar surface area (TPSA) is 171 Å². The maximum Gasteiger partial charge on any atom is 0.336 e. The normalized spacial score (nSPS) is 20.2. The monoisotopic (exact) mass is 699 g/mol. The van der Waals surface area contributed by atoms with E-state index in [2.05, 4.69) is 53.1 Å². The van der Waals surface area contributed by atoms with Crippen LogP contribution in [0.1, 0.15) is 60.9 Å². The molecule has 1 aliphatic carbocycles. The average Bonchev–Trinajstić information content (AvgIpc) is 3.48. The molecule has 3 aromatic carbocycles. The quantitative estimate of drug-likeness (QED) is 0.144. The Morgan fingerprint density at radius 2 is 1.51 bits per heavy atom. The van der Waals surface area contributed by atoms with Gasteiger partial charge in [0.1, 0.15) is 5.82 Å². The number of para-hydroxylation sites is 1. The highest BCUT2D eigenvalue weighted by Gasteiger charge is 2.52. The molecule has 1 amide bonds. The minimum atomic E-state index is -2.74. The van der Waals surface area contributed by atoms with Crippen molar-refractivity contribution < 1.29 is 44.0 Å². The van der Waals surface area contributed by atoms with Crippen molar-refractivity contribution in [2.24, 2.45) is 0 Å². The molecule has 1 aromatic heterocycles. The maximum absolute atomic E-state index is 14.3. The van der Waals surface area contributed by atoms with Crippen molar-refractivity contribution in [2.75, 3.05) is 20.6 Å². The second-order valence-corrected chi connectivity index (χ2v) is 13.5. The first-order chi connectivity index (χ1) is 24.2. The summed E-state index contributed by atoms with van der Waals surface area (Å²) in [6, 6.07) is 25.5. The molecule has 5 N–H and O–H groups in total. The first kappa shape index (κ1) is 36.9. The van der Waals surface area contributed by atoms with Crippen molar-refractivity contribution in [3.05, 3.63) is 113 Å². The number of carbonyl (C=O) groups excluding carboxylic acids is 1. The SMILES string of the molecule is CN(C)C1(c2cccc(F)c2)CCC2(CC1)c1[nH]c3ccccc3c1CCN2C(=O)/C=C/c1ccccc1.O=C(O)CC(O)(CC(=O)O)C(=O)O. The first-order valence-electron chi connectivity index (χ1n) is 16.7. The van der Waals surface area contributed by atoms with Gasteiger partial charge in [-0.2, -0.15) is 0 Å². The van der Waals surface area contributed by atoms with Gasteiger partial charge in [0.05, 0.1) is 18.4 Å². The van der Waals surface area contributed by atoms with Crippen molar-refractivity contribution in [1.82, 2.24) is 14.8 Å². The predicted molar refractivity (Wildman–Crippen MR) is 188 cm³/mol. The summed E-state index contributed by atoms with van der Waals surface area (Å²) < 4.78 is 14.3. The Balaban J connectivity index is 0.000000332. The largest absolute Gasteiger partial charge is 0.481 e. The molecule has 1 saturated carbocycles. The van der Waals surface area contributed by atoms with Gasteiger partial charge in [-0.1, -0.05) is 60.7 Å². The fourth-order valence-electron chi connectivity index (χ4n) is 7.66. The summed E-state index contributed by atoms with van der Waals surface area (Å²) in [5.74, 6) is -5.18. The number of carboxylic acid groups (broad SMARTS) is 3. The minimum Gasteiger partial charge on any atom is -0.481 e. The van der Waals surface area contributed by atoms with Gasteiger partial charge < -0.3 is 30.3 Å². The van der Waals surface area contributed by atoms with E-state index in [9.17, 15) is 23.6 Å². The van der Waals surface area contributed by atoms with Gasteiger partial charge in [-0.25, -0.2) is 9.18 Å². The number of hydrogen-bond donors (Lipinski definition) is 5. The molecule has 1 spiro atoms. The Morgan fingerprint density at radius 1 is 0.882 bits per heavy atom. The molecule has 1 aliphatic heterocycles. The molecule has 11 nitrogen and oxygen atoms in total. The Morgan fingerprint density at radius 3 is 2.10 bits per heavy atom. The fraction of sp³-hybridized carbons (Fsp3) is 0.333. The summed E-state index contributed by atoms with van der Waals surface area (Å²) in [5.41, 5.74) is 2.20. The molecule has 0 radical (unpaired) electrons. The van der Waals surface area contributed by atoms with Crippen molar-refractivity contribution in [1.29, 1.82) is 0 Å². The summed E-state index contributed by atoms with van der Waals surface area (Å²) in [6.07, 6.45) is 5.42. The van der Waals surface area contributed by atoms with Gasteiger partial charge in [0.2, 0.25) is 5.91 Å². The van der Waals surface area contributed by atoms with Gasteiger partial charge in [0.25, 0.3) is 0 Å². The molecular weight excluding hydrogens is 657 g/mol. The zero-order valence-electron chi connectivity index (χ0n) is 28.5. The molecule has 2 aliphatic rings. The number of carbonyl (C=O) groups is 4. The van der Waals surface area contributed by atoms with E-state index in [1.54, 1.807) is 18.2 Å². The van der Waals surface area contributed by atoms with Crippen LogP contribution in [0.4, 0.5) is 4.39 Å². The lowest BCUT2D eigenvalue weighted by atomic mass is 9.65. The summed E-state index contributed by atoms with van der Waals surface area (Å²) in [5, 5.41) is 35.1. The van der Waals surface area contributed by atoms with E-state index in [0.717, 1.165) is 48.7 Å². The first-order valence-corrected chi connectivity index (χ1v) is 16.7. The van der Waals surface area contributed by atoms with Crippen LogP contribution in [0.15, 0.2) is 84.9 Å². The zero-order chi connectivity index (χ0) is 37.0. The van der Waals surface area contributed by atoms with Gasteiger partial charge >= 0.3 is 17.9 Å². The van der Waals surface area contributed by atoms with Crippen LogP contribution in [0, 0.1) is 5.82 Å². The molecule has 2 heterocycles. The number of nitrogens with one attached hydrogen (secondary N) is 1. The number of benzene rings is 3. The minimum absolute atomic E-state index is 0.0428.